The Balaban J connectivity index is 2.65. The molecule has 1 aliphatic heterocycles. The van der Waals surface area contributed by atoms with Gasteiger partial charge in [0.2, 0.25) is 10.3 Å². The second kappa shape index (κ2) is 5.80. The minimum atomic E-state index is -2.46. The van der Waals surface area contributed by atoms with Gasteiger partial charge in [0.15, 0.2) is 0 Å². The van der Waals surface area contributed by atoms with Gasteiger partial charge in [-0.1, -0.05) is 23.7 Å². The SMILES string of the molecule is COC(=O)C1=CC(=S(=O)=O)C(C)C(C2=NOCC2)=C1Cl. The summed E-state index contributed by atoms with van der Waals surface area (Å²) in [5, 5.41) is 4.01. The highest BCUT2D eigenvalue weighted by Crippen LogP contribution is 2.34. The lowest BCUT2D eigenvalue weighted by atomic mass is 9.85. The van der Waals surface area contributed by atoms with E-state index in [9.17, 15) is 13.2 Å². The number of nitrogens with zero attached hydrogens (tertiary/aromatic N) is 1. The number of esters is 1. The molecular weight excluding hydrogens is 306 g/mol. The van der Waals surface area contributed by atoms with E-state index < -0.39 is 22.2 Å². The van der Waals surface area contributed by atoms with Gasteiger partial charge in [0, 0.05) is 17.9 Å². The van der Waals surface area contributed by atoms with Crippen LogP contribution in [0.15, 0.2) is 27.4 Å². The number of rotatable bonds is 2. The number of hydrogen-bond donors (Lipinski definition) is 0. The Morgan fingerprint density at radius 2 is 2.25 bits per heavy atom. The number of halogens is 1. The molecule has 0 saturated heterocycles. The zero-order valence-corrected chi connectivity index (χ0v) is 12.4. The number of carbonyl (C=O) groups excluding carboxylic acids is 1. The van der Waals surface area contributed by atoms with Gasteiger partial charge in [-0.2, -0.15) is 8.42 Å². The number of oxime groups is 1. The molecule has 1 unspecified atom stereocenters. The van der Waals surface area contributed by atoms with E-state index in [4.69, 9.17) is 16.4 Å². The molecule has 108 valence electrons. The molecule has 20 heavy (non-hydrogen) atoms. The Kier molecular flexibility index (Phi) is 4.29. The molecule has 2 aliphatic rings. The fourth-order valence-electron chi connectivity index (χ4n) is 2.13. The Hall–Kier alpha value is -1.60. The Labute approximate surface area is 122 Å². The lowest BCUT2D eigenvalue weighted by molar-refractivity contribution is -0.135. The number of allylic oxidation sites excluding steroid dienone is 2. The van der Waals surface area contributed by atoms with Gasteiger partial charge in [-0.15, -0.1) is 0 Å². The standard InChI is InChI=1S/C12H12ClNO5S/c1-6-9(20(16)17)5-7(12(15)18-2)11(13)10(6)8-3-4-19-14-8/h5-6H,3-4H2,1-2H3. The monoisotopic (exact) mass is 317 g/mol. The minimum Gasteiger partial charge on any atom is -0.465 e. The van der Waals surface area contributed by atoms with Gasteiger partial charge in [-0.25, -0.2) is 4.79 Å². The van der Waals surface area contributed by atoms with Crippen LogP contribution in [0, 0.1) is 5.92 Å². The highest BCUT2D eigenvalue weighted by atomic mass is 35.5. The molecule has 1 aliphatic carbocycles. The first-order valence-electron chi connectivity index (χ1n) is 5.82. The lowest BCUT2D eigenvalue weighted by Crippen LogP contribution is -2.26. The maximum Gasteiger partial charge on any atom is 0.339 e. The smallest absolute Gasteiger partial charge is 0.339 e. The summed E-state index contributed by atoms with van der Waals surface area (Å²) in [6.45, 7) is 2.09. The molecule has 0 aromatic rings. The first kappa shape index (κ1) is 14.8. The molecule has 0 saturated carbocycles. The van der Waals surface area contributed by atoms with E-state index in [1.807, 2.05) is 0 Å². The van der Waals surface area contributed by atoms with E-state index in [-0.39, 0.29) is 15.5 Å². The molecule has 0 aromatic heterocycles. The molecule has 8 heteroatoms. The van der Waals surface area contributed by atoms with Gasteiger partial charge >= 0.3 is 5.97 Å². The maximum atomic E-state index is 11.7. The third-order valence-electron chi connectivity index (χ3n) is 3.13. The van der Waals surface area contributed by atoms with Crippen LogP contribution in [0.1, 0.15) is 13.3 Å². The van der Waals surface area contributed by atoms with Gasteiger partial charge in [-0.3, -0.25) is 0 Å². The first-order valence-corrected chi connectivity index (χ1v) is 7.28. The van der Waals surface area contributed by atoms with E-state index in [0.29, 0.717) is 24.3 Å². The van der Waals surface area contributed by atoms with Gasteiger partial charge < -0.3 is 9.57 Å². The van der Waals surface area contributed by atoms with Crippen LogP contribution >= 0.6 is 11.6 Å². The number of carbonyl (C=O) groups is 1. The summed E-state index contributed by atoms with van der Waals surface area (Å²) in [6, 6.07) is 0. The van der Waals surface area contributed by atoms with Crippen LogP contribution in [0.3, 0.4) is 0 Å². The van der Waals surface area contributed by atoms with Crippen molar-refractivity contribution >= 4 is 38.4 Å². The summed E-state index contributed by atoms with van der Waals surface area (Å²) in [5.74, 6) is -1.18. The summed E-state index contributed by atoms with van der Waals surface area (Å²) < 4.78 is 27.3. The molecule has 0 aromatic carbocycles. The number of hydrogen-bond acceptors (Lipinski definition) is 6. The van der Waals surface area contributed by atoms with Crippen LogP contribution in [0.25, 0.3) is 0 Å². The Bertz CT molecular complexity index is 679. The largest absolute Gasteiger partial charge is 0.465 e. The summed E-state index contributed by atoms with van der Waals surface area (Å²) in [7, 11) is -1.26. The summed E-state index contributed by atoms with van der Waals surface area (Å²) >= 11 is 6.23. The average Bonchev–Trinajstić information content (AvgIpc) is 2.91. The van der Waals surface area contributed by atoms with Crippen molar-refractivity contribution in [2.24, 2.45) is 11.1 Å². The maximum absolute atomic E-state index is 11.7. The van der Waals surface area contributed by atoms with Gasteiger partial charge in [-0.05, 0) is 6.08 Å². The zero-order chi connectivity index (χ0) is 14.9. The number of methoxy groups -OCH3 is 1. The topological polar surface area (TPSA) is 82.0 Å². The van der Waals surface area contributed by atoms with Crippen LogP contribution in [-0.4, -0.2) is 38.7 Å². The predicted molar refractivity (Wildman–Crippen MR) is 74.1 cm³/mol. The normalized spacial score (nSPS) is 22.1. The fourth-order valence-corrected chi connectivity index (χ4v) is 3.16. The average molecular weight is 318 g/mol. The van der Waals surface area contributed by atoms with Crippen molar-refractivity contribution in [2.75, 3.05) is 13.7 Å². The van der Waals surface area contributed by atoms with Crippen molar-refractivity contribution in [1.82, 2.24) is 0 Å². The molecule has 6 nitrogen and oxygen atoms in total. The molecule has 0 fully saturated rings. The van der Waals surface area contributed by atoms with Crippen molar-refractivity contribution in [3.63, 3.8) is 0 Å². The van der Waals surface area contributed by atoms with Crippen LogP contribution in [0.5, 0.6) is 0 Å². The van der Waals surface area contributed by atoms with Crippen LogP contribution in [0.4, 0.5) is 0 Å². The molecule has 0 bridgehead atoms. The van der Waals surface area contributed by atoms with Crippen molar-refractivity contribution in [3.8, 4) is 0 Å². The zero-order valence-electron chi connectivity index (χ0n) is 10.8. The summed E-state index contributed by atoms with van der Waals surface area (Å²) in [5.41, 5.74) is 1.06. The molecule has 1 heterocycles. The van der Waals surface area contributed by atoms with Crippen LogP contribution in [-0.2, 0) is 24.7 Å². The molecule has 1 atom stereocenters. The Morgan fingerprint density at radius 1 is 1.55 bits per heavy atom. The molecular formula is C12H12ClNO5S. The lowest BCUT2D eigenvalue weighted by Gasteiger charge is -2.22. The van der Waals surface area contributed by atoms with Crippen molar-refractivity contribution in [1.29, 1.82) is 0 Å². The van der Waals surface area contributed by atoms with Gasteiger partial charge in [0.1, 0.15) is 6.61 Å². The van der Waals surface area contributed by atoms with E-state index in [2.05, 4.69) is 9.89 Å². The molecule has 0 spiro atoms. The van der Waals surface area contributed by atoms with E-state index >= 15 is 0 Å². The molecule has 0 N–H and O–H groups in total. The second-order valence-corrected chi connectivity index (χ2v) is 5.58. The van der Waals surface area contributed by atoms with Crippen LogP contribution in [0.2, 0.25) is 0 Å². The third-order valence-corrected chi connectivity index (χ3v) is 4.40. The quantitative estimate of drug-likeness (QED) is 0.562. The Morgan fingerprint density at radius 3 is 2.75 bits per heavy atom. The highest BCUT2D eigenvalue weighted by Gasteiger charge is 2.33. The van der Waals surface area contributed by atoms with Crippen molar-refractivity contribution in [3.05, 3.63) is 22.3 Å². The minimum absolute atomic E-state index is 0.0102. The van der Waals surface area contributed by atoms with E-state index in [1.165, 1.54) is 13.2 Å². The molecule has 0 radical (unpaired) electrons. The summed E-state index contributed by atoms with van der Waals surface area (Å²) in [6.07, 6.45) is 1.75. The van der Waals surface area contributed by atoms with Gasteiger partial charge in [0.25, 0.3) is 0 Å². The third kappa shape index (κ3) is 2.51. The van der Waals surface area contributed by atoms with Crippen molar-refractivity contribution in [2.45, 2.75) is 13.3 Å². The van der Waals surface area contributed by atoms with E-state index in [0.717, 1.165) is 0 Å². The summed E-state index contributed by atoms with van der Waals surface area (Å²) in [4.78, 5) is 16.7. The molecule has 2 rings (SSSR count). The van der Waals surface area contributed by atoms with Gasteiger partial charge in [0.05, 0.1) is 28.3 Å². The molecule has 0 amide bonds. The van der Waals surface area contributed by atoms with E-state index in [1.54, 1.807) is 6.92 Å². The second-order valence-electron chi connectivity index (χ2n) is 4.26. The highest BCUT2D eigenvalue weighted by molar-refractivity contribution is 7.73. The fraction of sp³-hybridized carbons (Fsp3) is 0.417. The number of ether oxygens (including phenoxy) is 1. The van der Waals surface area contributed by atoms with Crippen molar-refractivity contribution < 1.29 is 22.8 Å². The first-order chi connectivity index (χ1) is 9.47. The van der Waals surface area contributed by atoms with Crippen LogP contribution < -0.4 is 0 Å². The predicted octanol–water partition coefficient (Wildman–Crippen LogP) is 1.06.